The molecule has 92 valence electrons. The second-order valence-corrected chi connectivity index (χ2v) is 3.75. The molecule has 0 saturated heterocycles. The van der Waals surface area contributed by atoms with Crippen molar-refractivity contribution in [2.45, 2.75) is 18.1 Å². The summed E-state index contributed by atoms with van der Waals surface area (Å²) in [5, 5.41) is 27.0. The van der Waals surface area contributed by atoms with Crippen molar-refractivity contribution in [3.63, 3.8) is 0 Å². The molecular weight excluding hydrogens is 226 g/mol. The first-order chi connectivity index (χ1) is 7.88. The second kappa shape index (κ2) is 4.94. The van der Waals surface area contributed by atoms with Gasteiger partial charge in [0.25, 0.3) is 0 Å². The SMILES string of the molecule is NC(Cc1ccccc1)(C(=O)O)C(O)C(=O)O. The van der Waals surface area contributed by atoms with Crippen molar-refractivity contribution in [2.75, 3.05) is 0 Å². The highest BCUT2D eigenvalue weighted by atomic mass is 16.4. The molecule has 1 aromatic carbocycles. The van der Waals surface area contributed by atoms with E-state index in [0.29, 0.717) is 5.56 Å². The first-order valence-electron chi connectivity index (χ1n) is 4.85. The lowest BCUT2D eigenvalue weighted by molar-refractivity contribution is -0.161. The summed E-state index contributed by atoms with van der Waals surface area (Å²) in [6.45, 7) is 0. The number of hydrogen-bond acceptors (Lipinski definition) is 4. The summed E-state index contributed by atoms with van der Waals surface area (Å²) in [4.78, 5) is 21.7. The van der Waals surface area contributed by atoms with E-state index in [9.17, 15) is 14.7 Å². The molecule has 6 heteroatoms. The van der Waals surface area contributed by atoms with Crippen LogP contribution < -0.4 is 5.73 Å². The third-order valence-corrected chi connectivity index (χ3v) is 2.46. The molecule has 0 radical (unpaired) electrons. The molecule has 0 amide bonds. The molecule has 2 unspecified atom stereocenters. The molecule has 0 heterocycles. The zero-order valence-electron chi connectivity index (χ0n) is 8.91. The minimum Gasteiger partial charge on any atom is -0.480 e. The van der Waals surface area contributed by atoms with Crippen molar-refractivity contribution in [1.29, 1.82) is 0 Å². The van der Waals surface area contributed by atoms with Gasteiger partial charge in [-0.15, -0.1) is 0 Å². The number of hydrogen-bond donors (Lipinski definition) is 4. The van der Waals surface area contributed by atoms with Crippen LogP contribution in [0.1, 0.15) is 5.56 Å². The number of rotatable bonds is 5. The standard InChI is InChI=1S/C11H13NO5/c12-11(10(16)17,8(13)9(14)15)6-7-4-2-1-3-5-7/h1-5,8,13H,6,12H2,(H,14,15)(H,16,17). The average molecular weight is 239 g/mol. The van der Waals surface area contributed by atoms with Gasteiger partial charge in [-0.2, -0.15) is 0 Å². The fourth-order valence-electron chi connectivity index (χ4n) is 1.44. The summed E-state index contributed by atoms with van der Waals surface area (Å²) in [7, 11) is 0. The minimum atomic E-state index is -2.24. The average Bonchev–Trinajstić information content (AvgIpc) is 2.28. The predicted octanol–water partition coefficient (Wildman–Crippen LogP) is -0.543. The Morgan fingerprint density at radius 3 is 2.18 bits per heavy atom. The lowest BCUT2D eigenvalue weighted by Gasteiger charge is -2.27. The highest BCUT2D eigenvalue weighted by Gasteiger charge is 2.45. The van der Waals surface area contributed by atoms with Crippen molar-refractivity contribution in [3.05, 3.63) is 35.9 Å². The van der Waals surface area contributed by atoms with Gasteiger partial charge in [-0.1, -0.05) is 30.3 Å². The van der Waals surface area contributed by atoms with Crippen LogP contribution >= 0.6 is 0 Å². The molecule has 2 atom stereocenters. The number of aliphatic hydroxyl groups excluding tert-OH is 1. The Morgan fingerprint density at radius 1 is 1.24 bits per heavy atom. The van der Waals surface area contributed by atoms with Crippen molar-refractivity contribution >= 4 is 11.9 Å². The Bertz CT molecular complexity index is 419. The van der Waals surface area contributed by atoms with Gasteiger partial charge < -0.3 is 21.1 Å². The first-order valence-corrected chi connectivity index (χ1v) is 4.85. The fraction of sp³-hybridized carbons (Fsp3) is 0.273. The lowest BCUT2D eigenvalue weighted by atomic mass is 9.86. The van der Waals surface area contributed by atoms with E-state index in [1.165, 1.54) is 0 Å². The van der Waals surface area contributed by atoms with Gasteiger partial charge in [-0.3, -0.25) is 4.79 Å². The zero-order valence-corrected chi connectivity index (χ0v) is 8.91. The van der Waals surface area contributed by atoms with Gasteiger partial charge in [0, 0.05) is 6.42 Å². The van der Waals surface area contributed by atoms with E-state index in [-0.39, 0.29) is 6.42 Å². The van der Waals surface area contributed by atoms with Gasteiger partial charge in [0.15, 0.2) is 11.6 Å². The van der Waals surface area contributed by atoms with Gasteiger partial charge in [-0.25, -0.2) is 4.79 Å². The van der Waals surface area contributed by atoms with E-state index in [1.54, 1.807) is 30.3 Å². The summed E-state index contributed by atoms with van der Waals surface area (Å²) in [6.07, 6.45) is -2.43. The van der Waals surface area contributed by atoms with Crippen molar-refractivity contribution < 1.29 is 24.9 Å². The smallest absolute Gasteiger partial charge is 0.335 e. The van der Waals surface area contributed by atoms with Crippen LogP contribution in [0.25, 0.3) is 0 Å². The second-order valence-electron chi connectivity index (χ2n) is 3.75. The highest BCUT2D eigenvalue weighted by molar-refractivity contribution is 5.88. The number of benzene rings is 1. The third kappa shape index (κ3) is 2.80. The maximum Gasteiger partial charge on any atom is 0.335 e. The highest BCUT2D eigenvalue weighted by Crippen LogP contribution is 2.16. The quantitative estimate of drug-likeness (QED) is 0.547. The zero-order chi connectivity index (χ0) is 13.1. The summed E-state index contributed by atoms with van der Waals surface area (Å²) < 4.78 is 0. The summed E-state index contributed by atoms with van der Waals surface area (Å²) >= 11 is 0. The van der Waals surface area contributed by atoms with Crippen LogP contribution in [0.2, 0.25) is 0 Å². The molecule has 0 bridgehead atoms. The van der Waals surface area contributed by atoms with Gasteiger partial charge in [0.05, 0.1) is 0 Å². The number of aliphatic carboxylic acids is 2. The van der Waals surface area contributed by atoms with Gasteiger partial charge in [0.1, 0.15) is 0 Å². The predicted molar refractivity (Wildman–Crippen MR) is 58.3 cm³/mol. The van der Waals surface area contributed by atoms with Crippen LogP contribution in [0.4, 0.5) is 0 Å². The molecule has 0 aliphatic heterocycles. The number of carboxylic acid groups (broad SMARTS) is 2. The molecular formula is C11H13NO5. The monoisotopic (exact) mass is 239 g/mol. The van der Waals surface area contributed by atoms with Crippen molar-refractivity contribution in [3.8, 4) is 0 Å². The maximum atomic E-state index is 11.0. The molecule has 6 nitrogen and oxygen atoms in total. The molecule has 0 spiro atoms. The molecule has 0 aromatic heterocycles. The summed E-state index contributed by atoms with van der Waals surface area (Å²) in [6, 6.07) is 8.30. The Kier molecular flexibility index (Phi) is 3.82. The van der Waals surface area contributed by atoms with Crippen molar-refractivity contribution in [1.82, 2.24) is 0 Å². The molecule has 1 rings (SSSR count). The van der Waals surface area contributed by atoms with Gasteiger partial charge in [-0.05, 0) is 5.56 Å². The summed E-state index contributed by atoms with van der Waals surface area (Å²) in [5.74, 6) is -3.22. The van der Waals surface area contributed by atoms with Crippen LogP contribution in [-0.2, 0) is 16.0 Å². The largest absolute Gasteiger partial charge is 0.480 e. The first kappa shape index (κ1) is 13.1. The van der Waals surface area contributed by atoms with E-state index in [2.05, 4.69) is 0 Å². The van der Waals surface area contributed by atoms with E-state index in [1.807, 2.05) is 0 Å². The lowest BCUT2D eigenvalue weighted by Crippen LogP contribution is -2.61. The van der Waals surface area contributed by atoms with Crippen LogP contribution in [0.15, 0.2) is 30.3 Å². The molecule has 0 aliphatic rings. The Morgan fingerprint density at radius 2 is 1.76 bits per heavy atom. The normalized spacial score (nSPS) is 15.9. The molecule has 0 fully saturated rings. The van der Waals surface area contributed by atoms with E-state index >= 15 is 0 Å². The number of nitrogens with two attached hydrogens (primary N) is 1. The van der Waals surface area contributed by atoms with Crippen molar-refractivity contribution in [2.24, 2.45) is 5.73 Å². The molecule has 0 aliphatic carbocycles. The Labute approximate surface area is 97.3 Å². The molecule has 1 aromatic rings. The Balaban J connectivity index is 3.02. The van der Waals surface area contributed by atoms with E-state index in [4.69, 9.17) is 15.9 Å². The number of carboxylic acids is 2. The van der Waals surface area contributed by atoms with Crippen LogP contribution in [0, 0.1) is 0 Å². The maximum absolute atomic E-state index is 11.0. The third-order valence-electron chi connectivity index (χ3n) is 2.46. The topological polar surface area (TPSA) is 121 Å². The number of carbonyl (C=O) groups is 2. The molecule has 0 saturated carbocycles. The van der Waals surface area contributed by atoms with Crippen LogP contribution in [-0.4, -0.2) is 38.9 Å². The number of aliphatic hydroxyl groups is 1. The molecule has 5 N–H and O–H groups in total. The van der Waals surface area contributed by atoms with Crippen LogP contribution in [0.5, 0.6) is 0 Å². The Hall–Kier alpha value is -1.92. The minimum absolute atomic E-state index is 0.267. The fourth-order valence-corrected chi connectivity index (χ4v) is 1.44. The van der Waals surface area contributed by atoms with Gasteiger partial charge in [0.2, 0.25) is 0 Å². The summed E-state index contributed by atoms with van der Waals surface area (Å²) in [5.41, 5.74) is 3.78. The van der Waals surface area contributed by atoms with E-state index < -0.39 is 23.6 Å². The van der Waals surface area contributed by atoms with Gasteiger partial charge >= 0.3 is 11.9 Å². The van der Waals surface area contributed by atoms with E-state index in [0.717, 1.165) is 0 Å². The molecule has 17 heavy (non-hydrogen) atoms. The van der Waals surface area contributed by atoms with Crippen LogP contribution in [0.3, 0.4) is 0 Å².